The van der Waals surface area contributed by atoms with Gasteiger partial charge in [-0.3, -0.25) is 4.79 Å². The van der Waals surface area contributed by atoms with Crippen molar-refractivity contribution in [3.8, 4) is 5.75 Å². The first-order valence-electron chi connectivity index (χ1n) is 9.95. The highest BCUT2D eigenvalue weighted by Crippen LogP contribution is 2.23. The van der Waals surface area contributed by atoms with Crippen molar-refractivity contribution in [3.05, 3.63) is 95.6 Å². The van der Waals surface area contributed by atoms with Crippen molar-refractivity contribution in [2.45, 2.75) is 24.5 Å². The van der Waals surface area contributed by atoms with Crippen LogP contribution in [0.3, 0.4) is 0 Å². The largest absolute Gasteiger partial charge is 0.387 e. The molecule has 0 radical (unpaired) electrons. The van der Waals surface area contributed by atoms with E-state index in [0.717, 1.165) is 11.1 Å². The average molecular weight is 474 g/mol. The third kappa shape index (κ3) is 6.32. The fourth-order valence-electron chi connectivity index (χ4n) is 3.08. The van der Waals surface area contributed by atoms with Gasteiger partial charge in [0.15, 0.2) is 0 Å². The number of benzene rings is 3. The van der Waals surface area contributed by atoms with E-state index in [4.69, 9.17) is 15.8 Å². The van der Waals surface area contributed by atoms with Crippen molar-refractivity contribution in [1.29, 1.82) is 0 Å². The van der Waals surface area contributed by atoms with E-state index in [9.17, 15) is 18.3 Å². The van der Waals surface area contributed by atoms with E-state index in [2.05, 4.69) is 0 Å². The van der Waals surface area contributed by atoms with Crippen LogP contribution in [0.1, 0.15) is 22.8 Å². The Hall–Kier alpha value is -2.87. The topological polar surface area (TPSA) is 83.9 Å². The zero-order valence-electron chi connectivity index (χ0n) is 17.5. The molecule has 1 atom stereocenters. The number of halogens is 1. The molecule has 3 rings (SSSR count). The molecular weight excluding hydrogens is 450 g/mol. The maximum absolute atomic E-state index is 12.4. The number of aliphatic hydroxyl groups is 1. The van der Waals surface area contributed by atoms with Crippen molar-refractivity contribution in [2.24, 2.45) is 0 Å². The number of aryl methyl sites for hydroxylation is 1. The number of aliphatic hydroxyl groups excluding tert-OH is 1. The third-order valence-corrected chi connectivity index (χ3v) is 6.35. The van der Waals surface area contributed by atoms with E-state index in [1.54, 1.807) is 24.3 Å². The summed E-state index contributed by atoms with van der Waals surface area (Å²) in [7, 11) is -3.96. The smallest absolute Gasteiger partial charge is 0.339 e. The normalized spacial score (nSPS) is 12.2. The zero-order chi connectivity index (χ0) is 23.1. The highest BCUT2D eigenvalue weighted by molar-refractivity contribution is 7.87. The quantitative estimate of drug-likeness (QED) is 0.374. The molecule has 0 aliphatic carbocycles. The third-order valence-electron chi connectivity index (χ3n) is 4.86. The Kier molecular flexibility index (Phi) is 7.90. The summed E-state index contributed by atoms with van der Waals surface area (Å²) < 4.78 is 30.0. The van der Waals surface area contributed by atoms with Gasteiger partial charge in [-0.15, -0.1) is 11.6 Å². The van der Waals surface area contributed by atoms with Crippen LogP contribution in [-0.4, -0.2) is 36.8 Å². The summed E-state index contributed by atoms with van der Waals surface area (Å²) in [6.07, 6.45) is -0.978. The minimum Gasteiger partial charge on any atom is -0.387 e. The molecule has 168 valence electrons. The van der Waals surface area contributed by atoms with Gasteiger partial charge in [0, 0.05) is 6.54 Å². The van der Waals surface area contributed by atoms with Crippen LogP contribution >= 0.6 is 11.6 Å². The number of hydrogen-bond acceptors (Lipinski definition) is 5. The van der Waals surface area contributed by atoms with Gasteiger partial charge < -0.3 is 14.2 Å². The lowest BCUT2D eigenvalue weighted by atomic mass is 10.1. The van der Waals surface area contributed by atoms with Gasteiger partial charge in [-0.25, -0.2) is 0 Å². The Balaban J connectivity index is 1.68. The summed E-state index contributed by atoms with van der Waals surface area (Å²) in [5, 5.41) is 10.6. The molecule has 0 aliphatic rings. The molecule has 8 heteroatoms. The molecule has 3 aromatic carbocycles. The summed E-state index contributed by atoms with van der Waals surface area (Å²) in [6.45, 7) is 2.23. The fraction of sp³-hybridized carbons (Fsp3) is 0.208. The molecule has 0 spiro atoms. The van der Waals surface area contributed by atoms with Crippen LogP contribution in [0.2, 0.25) is 0 Å². The zero-order valence-corrected chi connectivity index (χ0v) is 19.1. The fourth-order valence-corrected chi connectivity index (χ4v) is 4.18. The number of alkyl halides is 1. The predicted molar refractivity (Wildman–Crippen MR) is 123 cm³/mol. The Morgan fingerprint density at radius 1 is 1.00 bits per heavy atom. The predicted octanol–water partition coefficient (Wildman–Crippen LogP) is 4.06. The van der Waals surface area contributed by atoms with Crippen LogP contribution in [0, 0.1) is 6.92 Å². The summed E-state index contributed by atoms with van der Waals surface area (Å²) in [5.74, 6) is -0.360. The van der Waals surface area contributed by atoms with Gasteiger partial charge in [0.1, 0.15) is 16.5 Å². The Bertz CT molecular complexity index is 1130. The van der Waals surface area contributed by atoms with E-state index < -0.39 is 16.2 Å². The first-order valence-corrected chi connectivity index (χ1v) is 11.9. The highest BCUT2D eigenvalue weighted by Gasteiger charge is 2.20. The molecule has 0 heterocycles. The minimum atomic E-state index is -3.96. The first-order chi connectivity index (χ1) is 15.3. The molecular formula is C24H24ClNO5S. The van der Waals surface area contributed by atoms with Gasteiger partial charge in [0.25, 0.3) is 0 Å². The summed E-state index contributed by atoms with van der Waals surface area (Å²) >= 11 is 5.74. The minimum absolute atomic E-state index is 0.0440. The number of carbonyl (C=O) groups is 1. The molecule has 1 unspecified atom stereocenters. The van der Waals surface area contributed by atoms with Crippen LogP contribution in [-0.2, 0) is 21.5 Å². The standard InChI is InChI=1S/C24H24ClNO5S/c1-18-7-13-22(14-8-18)32(29,30)31-21-11-9-20(10-12-21)23(27)17-26(24(28)15-25)16-19-5-3-2-4-6-19/h2-14,23,27H,15-17H2,1H3. The van der Waals surface area contributed by atoms with Gasteiger partial charge in [-0.2, -0.15) is 8.42 Å². The molecule has 0 saturated carbocycles. The van der Waals surface area contributed by atoms with Gasteiger partial charge in [-0.05, 0) is 42.3 Å². The maximum atomic E-state index is 12.4. The molecule has 32 heavy (non-hydrogen) atoms. The van der Waals surface area contributed by atoms with Crippen molar-refractivity contribution in [3.63, 3.8) is 0 Å². The highest BCUT2D eigenvalue weighted by atomic mass is 35.5. The van der Waals surface area contributed by atoms with E-state index in [-0.39, 0.29) is 29.0 Å². The molecule has 0 bridgehead atoms. The van der Waals surface area contributed by atoms with Gasteiger partial charge in [-0.1, -0.05) is 60.2 Å². The lowest BCUT2D eigenvalue weighted by molar-refractivity contribution is -0.130. The average Bonchev–Trinajstić information content (AvgIpc) is 2.79. The Labute approximate surface area is 193 Å². The van der Waals surface area contributed by atoms with Crippen LogP contribution < -0.4 is 4.18 Å². The summed E-state index contributed by atoms with van der Waals surface area (Å²) in [4.78, 5) is 13.8. The number of carbonyl (C=O) groups excluding carboxylic acids is 1. The summed E-state index contributed by atoms with van der Waals surface area (Å²) in [5.41, 5.74) is 2.38. The molecule has 3 aromatic rings. The SMILES string of the molecule is Cc1ccc(S(=O)(=O)Oc2ccc(C(O)CN(Cc3ccccc3)C(=O)CCl)cc2)cc1. The van der Waals surface area contributed by atoms with E-state index >= 15 is 0 Å². The van der Waals surface area contributed by atoms with Crippen LogP contribution in [0.4, 0.5) is 0 Å². The monoisotopic (exact) mass is 473 g/mol. The molecule has 0 fully saturated rings. The number of rotatable bonds is 9. The molecule has 1 amide bonds. The van der Waals surface area contributed by atoms with Crippen molar-refractivity contribution in [2.75, 3.05) is 12.4 Å². The summed E-state index contributed by atoms with van der Waals surface area (Å²) in [6, 6.07) is 21.8. The van der Waals surface area contributed by atoms with Gasteiger partial charge in [0.2, 0.25) is 5.91 Å². The number of amides is 1. The molecule has 6 nitrogen and oxygen atoms in total. The Morgan fingerprint density at radius 2 is 1.62 bits per heavy atom. The lowest BCUT2D eigenvalue weighted by Crippen LogP contribution is -2.35. The van der Waals surface area contributed by atoms with Crippen LogP contribution in [0.15, 0.2) is 83.8 Å². The van der Waals surface area contributed by atoms with Crippen LogP contribution in [0.5, 0.6) is 5.75 Å². The van der Waals surface area contributed by atoms with Crippen molar-refractivity contribution < 1.29 is 22.5 Å². The van der Waals surface area contributed by atoms with E-state index in [1.165, 1.54) is 29.2 Å². The van der Waals surface area contributed by atoms with E-state index in [1.807, 2.05) is 37.3 Å². The Morgan fingerprint density at radius 3 is 2.22 bits per heavy atom. The second kappa shape index (κ2) is 10.6. The second-order valence-electron chi connectivity index (χ2n) is 7.33. The lowest BCUT2D eigenvalue weighted by Gasteiger charge is -2.25. The number of hydrogen-bond donors (Lipinski definition) is 1. The van der Waals surface area contributed by atoms with Crippen molar-refractivity contribution >= 4 is 27.6 Å². The second-order valence-corrected chi connectivity index (χ2v) is 9.14. The first kappa shape index (κ1) is 23.8. The molecule has 0 aliphatic heterocycles. The maximum Gasteiger partial charge on any atom is 0.339 e. The number of nitrogens with zero attached hydrogens (tertiary/aromatic N) is 1. The molecule has 0 saturated heterocycles. The van der Waals surface area contributed by atoms with E-state index in [0.29, 0.717) is 12.1 Å². The van der Waals surface area contributed by atoms with Gasteiger partial charge >= 0.3 is 10.1 Å². The van der Waals surface area contributed by atoms with Gasteiger partial charge in [0.05, 0.1) is 12.6 Å². The van der Waals surface area contributed by atoms with Crippen molar-refractivity contribution in [1.82, 2.24) is 4.90 Å². The molecule has 1 N–H and O–H groups in total. The van der Waals surface area contributed by atoms with Crippen LogP contribution in [0.25, 0.3) is 0 Å². The molecule has 0 aromatic heterocycles.